The monoisotopic (exact) mass is 232 g/mol. The van der Waals surface area contributed by atoms with Gasteiger partial charge in [0.2, 0.25) is 0 Å². The molecule has 0 amide bonds. The predicted octanol–water partition coefficient (Wildman–Crippen LogP) is 1.41. The van der Waals surface area contributed by atoms with Crippen LogP contribution in [0.3, 0.4) is 0 Å². The Morgan fingerprint density at radius 1 is 1.08 bits per heavy atom. The van der Waals surface area contributed by atoms with E-state index in [1.807, 2.05) is 0 Å². The van der Waals surface area contributed by atoms with Crippen molar-refractivity contribution >= 4 is 10.1 Å². The quantitative estimate of drug-likeness (QED) is 0.420. The molecule has 0 saturated heterocycles. The van der Waals surface area contributed by atoms with E-state index in [2.05, 4.69) is 4.18 Å². The van der Waals surface area contributed by atoms with Crippen molar-refractivity contribution in [1.29, 1.82) is 0 Å². The fourth-order valence-corrected chi connectivity index (χ4v) is 0.690. The molecule has 0 heterocycles. The zero-order valence-electron chi connectivity index (χ0n) is 5.61. The summed E-state index contributed by atoms with van der Waals surface area (Å²) in [5.74, 6) is 0. The van der Waals surface area contributed by atoms with Crippen molar-refractivity contribution in [3.05, 3.63) is 0 Å². The molecule has 0 unspecified atom stereocenters. The van der Waals surface area contributed by atoms with Crippen LogP contribution in [0.2, 0.25) is 0 Å². The van der Waals surface area contributed by atoms with Gasteiger partial charge >= 0.3 is 21.7 Å². The summed E-state index contributed by atoms with van der Waals surface area (Å²) in [4.78, 5) is 0. The van der Waals surface area contributed by atoms with E-state index in [9.17, 15) is 34.8 Å². The van der Waals surface area contributed by atoms with Crippen molar-refractivity contribution in [2.45, 2.75) is 11.6 Å². The molecule has 0 aliphatic carbocycles. The topological polar surface area (TPSA) is 43.4 Å². The minimum Gasteiger partial charge on any atom is -0.241 e. The zero-order valence-corrected chi connectivity index (χ0v) is 6.42. The molecular formula is C3H2F6O3S. The lowest BCUT2D eigenvalue weighted by Gasteiger charge is -2.13. The molecule has 0 aromatic rings. The predicted molar refractivity (Wildman–Crippen MR) is 27.0 cm³/mol. The van der Waals surface area contributed by atoms with E-state index < -0.39 is 28.4 Å². The second-order valence-corrected chi connectivity index (χ2v) is 3.29. The Bertz CT molecular complexity index is 265. The highest BCUT2D eigenvalue weighted by Crippen LogP contribution is 2.30. The largest absolute Gasteiger partial charge is 0.523 e. The van der Waals surface area contributed by atoms with Crippen LogP contribution in [0.25, 0.3) is 0 Å². The molecule has 0 aliphatic rings. The molecule has 0 saturated carbocycles. The summed E-state index contributed by atoms with van der Waals surface area (Å²) >= 11 is 0. The molecule has 0 rings (SSSR count). The molecule has 0 aliphatic heterocycles. The number of alkyl halides is 6. The third kappa shape index (κ3) is 3.38. The summed E-state index contributed by atoms with van der Waals surface area (Å²) in [7, 11) is -6.46. The maximum Gasteiger partial charge on any atom is 0.523 e. The second kappa shape index (κ2) is 3.33. The number of halogens is 6. The van der Waals surface area contributed by atoms with Gasteiger partial charge < -0.3 is 0 Å². The molecule has 0 bridgehead atoms. The van der Waals surface area contributed by atoms with Gasteiger partial charge in [-0.05, 0) is 0 Å². The van der Waals surface area contributed by atoms with Crippen LogP contribution < -0.4 is 0 Å². The molecule has 0 aromatic carbocycles. The van der Waals surface area contributed by atoms with E-state index in [-0.39, 0.29) is 0 Å². The molecule has 0 spiro atoms. The van der Waals surface area contributed by atoms with E-state index in [1.165, 1.54) is 0 Å². The highest BCUT2D eigenvalue weighted by molar-refractivity contribution is 7.87. The maximum atomic E-state index is 11.7. The molecular weight excluding hydrogens is 230 g/mol. The molecule has 0 atom stereocenters. The molecule has 10 heteroatoms. The van der Waals surface area contributed by atoms with Crippen LogP contribution in [0.4, 0.5) is 26.3 Å². The van der Waals surface area contributed by atoms with Crippen molar-refractivity contribution in [3.63, 3.8) is 0 Å². The molecule has 0 fully saturated rings. The van der Waals surface area contributed by atoms with Gasteiger partial charge in [0.1, 0.15) is 0 Å². The Balaban J connectivity index is 4.74. The normalized spacial score (nSPS) is 14.6. The van der Waals surface area contributed by atoms with Gasteiger partial charge in [0.15, 0.2) is 6.67 Å². The highest BCUT2D eigenvalue weighted by Gasteiger charge is 2.53. The fourth-order valence-electron chi connectivity index (χ4n) is 0.230. The van der Waals surface area contributed by atoms with E-state index >= 15 is 0 Å². The minimum absolute atomic E-state index is 2.28. The van der Waals surface area contributed by atoms with E-state index in [0.29, 0.717) is 0 Å². The first-order chi connectivity index (χ1) is 5.52. The molecule has 80 valence electrons. The van der Waals surface area contributed by atoms with Crippen LogP contribution in [-0.2, 0) is 14.3 Å². The summed E-state index contributed by atoms with van der Waals surface area (Å²) in [6.07, 6.45) is -4.99. The summed E-state index contributed by atoms with van der Waals surface area (Å²) in [6.45, 7) is -2.66. The van der Waals surface area contributed by atoms with Crippen LogP contribution in [-0.4, -0.2) is 26.7 Å². The van der Waals surface area contributed by atoms with Crippen LogP contribution in [0, 0.1) is 0 Å². The Morgan fingerprint density at radius 3 is 1.69 bits per heavy atom. The maximum absolute atomic E-state index is 11.7. The second-order valence-electron chi connectivity index (χ2n) is 1.75. The molecule has 0 N–H and O–H groups in total. The van der Waals surface area contributed by atoms with Gasteiger partial charge in [0.05, 0.1) is 0 Å². The van der Waals surface area contributed by atoms with Gasteiger partial charge in [-0.1, -0.05) is 0 Å². The third-order valence-electron chi connectivity index (χ3n) is 0.671. The lowest BCUT2D eigenvalue weighted by molar-refractivity contribution is -0.193. The van der Waals surface area contributed by atoms with Gasteiger partial charge in [-0.25, -0.2) is 4.39 Å². The number of hydrogen-bond donors (Lipinski definition) is 0. The zero-order chi connectivity index (χ0) is 10.9. The van der Waals surface area contributed by atoms with Crippen molar-refractivity contribution in [2.75, 3.05) is 6.67 Å². The molecule has 13 heavy (non-hydrogen) atoms. The molecule has 0 radical (unpaired) electrons. The Kier molecular flexibility index (Phi) is 3.20. The number of rotatable bonds is 3. The van der Waals surface area contributed by atoms with E-state index in [4.69, 9.17) is 0 Å². The Hall–Kier alpha value is -0.510. The smallest absolute Gasteiger partial charge is 0.241 e. The standard InChI is InChI=1S/C3H2F6O3S/c4-1-2(5,6)12-13(10,11)3(7,8)9/h1H2. The molecule has 3 nitrogen and oxygen atoms in total. The van der Waals surface area contributed by atoms with Crippen LogP contribution in [0.5, 0.6) is 0 Å². The third-order valence-corrected chi connectivity index (χ3v) is 1.70. The average molecular weight is 232 g/mol. The summed E-state index contributed by atoms with van der Waals surface area (Å²) in [6, 6.07) is 0. The van der Waals surface area contributed by atoms with Crippen molar-refractivity contribution in [1.82, 2.24) is 0 Å². The van der Waals surface area contributed by atoms with Gasteiger partial charge in [-0.2, -0.15) is 34.6 Å². The van der Waals surface area contributed by atoms with Crippen LogP contribution in [0.15, 0.2) is 0 Å². The summed E-state index contributed by atoms with van der Waals surface area (Å²) in [5, 5.41) is 0. The summed E-state index contributed by atoms with van der Waals surface area (Å²) in [5.41, 5.74) is -5.99. The van der Waals surface area contributed by atoms with Crippen molar-refractivity contribution in [2.24, 2.45) is 0 Å². The van der Waals surface area contributed by atoms with E-state index in [0.717, 1.165) is 0 Å². The first-order valence-corrected chi connectivity index (χ1v) is 3.88. The van der Waals surface area contributed by atoms with Gasteiger partial charge in [0, 0.05) is 0 Å². The SMILES string of the molecule is O=S(=O)(OC(F)(F)CF)C(F)(F)F. The van der Waals surface area contributed by atoms with E-state index in [1.54, 1.807) is 0 Å². The van der Waals surface area contributed by atoms with Gasteiger partial charge in [0.25, 0.3) is 0 Å². The highest BCUT2D eigenvalue weighted by atomic mass is 32.2. The summed E-state index contributed by atoms with van der Waals surface area (Å²) < 4.78 is 90.5. The van der Waals surface area contributed by atoms with Crippen molar-refractivity contribution in [3.8, 4) is 0 Å². The van der Waals surface area contributed by atoms with Crippen LogP contribution >= 0.6 is 0 Å². The number of hydrogen-bond acceptors (Lipinski definition) is 3. The fraction of sp³-hybridized carbons (Fsp3) is 1.00. The minimum atomic E-state index is -6.46. The Labute approximate surface area is 68.4 Å². The average Bonchev–Trinajstić information content (AvgIpc) is 1.83. The lowest BCUT2D eigenvalue weighted by atomic mass is 10.7. The van der Waals surface area contributed by atoms with Crippen molar-refractivity contribution < 1.29 is 38.9 Å². The lowest BCUT2D eigenvalue weighted by Crippen LogP contribution is -2.34. The first kappa shape index (κ1) is 12.5. The first-order valence-electron chi connectivity index (χ1n) is 2.47. The van der Waals surface area contributed by atoms with Gasteiger partial charge in [-0.3, -0.25) is 0 Å². The van der Waals surface area contributed by atoms with Crippen LogP contribution in [0.1, 0.15) is 0 Å². The molecule has 0 aromatic heterocycles. The van der Waals surface area contributed by atoms with Gasteiger partial charge in [-0.15, -0.1) is 0 Å². The Morgan fingerprint density at radius 2 is 1.46 bits per heavy atom.